The van der Waals surface area contributed by atoms with E-state index in [1.807, 2.05) is 18.2 Å². The molecule has 1 aliphatic heterocycles. The maximum absolute atomic E-state index is 11.5. The lowest BCUT2D eigenvalue weighted by molar-refractivity contribution is 0.101. The molecule has 0 radical (unpaired) electrons. The topological polar surface area (TPSA) is 36.1 Å². The van der Waals surface area contributed by atoms with Gasteiger partial charge in [-0.1, -0.05) is 0 Å². The van der Waals surface area contributed by atoms with E-state index >= 15 is 0 Å². The number of likely N-dealkylation sites (tertiary alicyclic amines) is 1. The molecule has 2 heterocycles. The number of carbonyl (C=O) groups is 1. The Morgan fingerprint density at radius 2 is 2.32 bits per heavy atom. The molecule has 1 N–H and O–H groups in total. The van der Waals surface area contributed by atoms with Gasteiger partial charge in [0.2, 0.25) is 0 Å². The molecule has 3 nitrogen and oxygen atoms in total. The van der Waals surface area contributed by atoms with Gasteiger partial charge in [-0.3, -0.25) is 4.79 Å². The number of H-pyrrole nitrogens is 1. The van der Waals surface area contributed by atoms with Gasteiger partial charge >= 0.3 is 0 Å². The lowest BCUT2D eigenvalue weighted by atomic mass is 10.0. The van der Waals surface area contributed by atoms with Crippen molar-refractivity contribution in [3.8, 4) is 0 Å². The molecule has 3 rings (SSSR count). The summed E-state index contributed by atoms with van der Waals surface area (Å²) >= 11 is 0. The standard InChI is InChI=1S/C16H20N2O/c1-11(19)12-5-6-16-15(9-12)13(10-17-16)8-14-4-3-7-18(14)2/h5-6,9-10,14,17H,3-4,7-8H2,1-2H3/t14-/m1/s1. The molecular weight excluding hydrogens is 236 g/mol. The van der Waals surface area contributed by atoms with Crippen LogP contribution in [0.25, 0.3) is 10.9 Å². The van der Waals surface area contributed by atoms with Gasteiger partial charge in [-0.25, -0.2) is 0 Å². The fourth-order valence-corrected chi connectivity index (χ4v) is 3.06. The second-order valence-electron chi connectivity index (χ2n) is 5.61. The van der Waals surface area contributed by atoms with Crippen molar-refractivity contribution in [1.29, 1.82) is 0 Å². The number of likely N-dealkylation sites (N-methyl/N-ethyl adjacent to an activating group) is 1. The number of carbonyl (C=O) groups excluding carboxylic acids is 1. The summed E-state index contributed by atoms with van der Waals surface area (Å²) in [7, 11) is 2.20. The van der Waals surface area contributed by atoms with Crippen molar-refractivity contribution >= 4 is 16.7 Å². The molecule has 1 aliphatic rings. The predicted octanol–water partition coefficient (Wildman–Crippen LogP) is 3.01. The van der Waals surface area contributed by atoms with E-state index in [0.717, 1.165) is 17.5 Å². The van der Waals surface area contributed by atoms with Gasteiger partial charge in [0.05, 0.1) is 0 Å². The lowest BCUT2D eigenvalue weighted by Gasteiger charge is -2.18. The molecule has 3 heteroatoms. The van der Waals surface area contributed by atoms with Gasteiger partial charge in [-0.05, 0) is 63.5 Å². The molecule has 2 aromatic rings. The maximum Gasteiger partial charge on any atom is 0.159 e. The van der Waals surface area contributed by atoms with E-state index < -0.39 is 0 Å². The van der Waals surface area contributed by atoms with Crippen LogP contribution >= 0.6 is 0 Å². The minimum absolute atomic E-state index is 0.132. The maximum atomic E-state index is 11.5. The molecule has 0 spiro atoms. The van der Waals surface area contributed by atoms with Crippen LogP contribution in [-0.2, 0) is 6.42 Å². The first kappa shape index (κ1) is 12.4. The van der Waals surface area contributed by atoms with Crippen molar-refractivity contribution in [3.63, 3.8) is 0 Å². The third kappa shape index (κ3) is 2.30. The Balaban J connectivity index is 1.94. The Morgan fingerprint density at radius 3 is 3.00 bits per heavy atom. The first-order valence-corrected chi connectivity index (χ1v) is 6.96. The molecule has 100 valence electrons. The minimum atomic E-state index is 0.132. The minimum Gasteiger partial charge on any atom is -0.361 e. The van der Waals surface area contributed by atoms with Crippen LogP contribution in [-0.4, -0.2) is 35.3 Å². The van der Waals surface area contributed by atoms with E-state index in [1.54, 1.807) is 6.92 Å². The third-order valence-corrected chi connectivity index (χ3v) is 4.30. The summed E-state index contributed by atoms with van der Waals surface area (Å²) in [6.45, 7) is 2.82. The van der Waals surface area contributed by atoms with Crippen molar-refractivity contribution in [2.75, 3.05) is 13.6 Å². The molecule has 1 aromatic heterocycles. The molecule has 0 bridgehead atoms. The van der Waals surface area contributed by atoms with Gasteiger partial charge in [0, 0.05) is 28.7 Å². The van der Waals surface area contributed by atoms with Crippen LogP contribution in [0.1, 0.15) is 35.7 Å². The highest BCUT2D eigenvalue weighted by atomic mass is 16.1. The van der Waals surface area contributed by atoms with Crippen molar-refractivity contribution < 1.29 is 4.79 Å². The summed E-state index contributed by atoms with van der Waals surface area (Å²) in [5.41, 5.74) is 3.26. The van der Waals surface area contributed by atoms with Gasteiger partial charge in [0.15, 0.2) is 5.78 Å². The molecule has 1 saturated heterocycles. The Labute approximate surface area is 113 Å². The number of aromatic amines is 1. The van der Waals surface area contributed by atoms with Crippen LogP contribution in [0.2, 0.25) is 0 Å². The highest BCUT2D eigenvalue weighted by Crippen LogP contribution is 2.25. The smallest absolute Gasteiger partial charge is 0.159 e. The van der Waals surface area contributed by atoms with E-state index in [1.165, 1.54) is 30.3 Å². The van der Waals surface area contributed by atoms with Crippen LogP contribution in [0.3, 0.4) is 0 Å². The highest BCUT2D eigenvalue weighted by molar-refractivity contribution is 5.98. The number of Topliss-reactive ketones (excluding diaryl/α,β-unsaturated/α-hetero) is 1. The molecule has 1 atom stereocenters. The zero-order chi connectivity index (χ0) is 13.4. The summed E-state index contributed by atoms with van der Waals surface area (Å²) in [5, 5.41) is 1.20. The van der Waals surface area contributed by atoms with Crippen LogP contribution in [0.4, 0.5) is 0 Å². The van der Waals surface area contributed by atoms with Gasteiger partial charge in [-0.15, -0.1) is 0 Å². The zero-order valence-electron chi connectivity index (χ0n) is 11.6. The second kappa shape index (κ2) is 4.82. The fourth-order valence-electron chi connectivity index (χ4n) is 3.06. The van der Waals surface area contributed by atoms with Crippen LogP contribution in [0.15, 0.2) is 24.4 Å². The van der Waals surface area contributed by atoms with Gasteiger partial charge < -0.3 is 9.88 Å². The SMILES string of the molecule is CC(=O)c1ccc2[nH]cc(C[C@H]3CCCN3C)c2c1. The van der Waals surface area contributed by atoms with Gasteiger partial charge in [0.1, 0.15) is 0 Å². The van der Waals surface area contributed by atoms with E-state index in [9.17, 15) is 4.79 Å². The van der Waals surface area contributed by atoms with E-state index in [4.69, 9.17) is 0 Å². The normalized spacial score (nSPS) is 20.2. The third-order valence-electron chi connectivity index (χ3n) is 4.30. The molecule has 1 fully saturated rings. The molecule has 19 heavy (non-hydrogen) atoms. The number of ketones is 1. The van der Waals surface area contributed by atoms with Crippen LogP contribution in [0, 0.1) is 0 Å². The summed E-state index contributed by atoms with van der Waals surface area (Å²) in [6, 6.07) is 6.57. The Hall–Kier alpha value is -1.61. The number of nitrogens with one attached hydrogen (secondary N) is 1. The summed E-state index contributed by atoms with van der Waals surface area (Å²) in [5.74, 6) is 0.132. The largest absolute Gasteiger partial charge is 0.361 e. The zero-order valence-corrected chi connectivity index (χ0v) is 11.6. The number of hydrogen-bond acceptors (Lipinski definition) is 2. The molecule has 1 aromatic carbocycles. The number of aromatic nitrogens is 1. The van der Waals surface area contributed by atoms with Crippen molar-refractivity contribution in [3.05, 3.63) is 35.5 Å². The highest BCUT2D eigenvalue weighted by Gasteiger charge is 2.22. The summed E-state index contributed by atoms with van der Waals surface area (Å²) in [4.78, 5) is 17.3. The Kier molecular flexibility index (Phi) is 3.15. The molecular formula is C16H20N2O. The second-order valence-corrected chi connectivity index (χ2v) is 5.61. The summed E-state index contributed by atoms with van der Waals surface area (Å²) in [6.07, 6.45) is 5.73. The number of rotatable bonds is 3. The van der Waals surface area contributed by atoms with Crippen LogP contribution < -0.4 is 0 Å². The first-order chi connectivity index (χ1) is 9.15. The monoisotopic (exact) mass is 256 g/mol. The van der Waals surface area contributed by atoms with E-state index in [0.29, 0.717) is 6.04 Å². The molecule has 0 unspecified atom stereocenters. The average molecular weight is 256 g/mol. The van der Waals surface area contributed by atoms with Crippen molar-refractivity contribution in [2.24, 2.45) is 0 Å². The molecule has 0 saturated carbocycles. The van der Waals surface area contributed by atoms with Crippen LogP contribution in [0.5, 0.6) is 0 Å². The predicted molar refractivity (Wildman–Crippen MR) is 77.7 cm³/mol. The van der Waals surface area contributed by atoms with Crippen molar-refractivity contribution in [2.45, 2.75) is 32.2 Å². The van der Waals surface area contributed by atoms with Crippen molar-refractivity contribution in [1.82, 2.24) is 9.88 Å². The van der Waals surface area contributed by atoms with E-state index in [-0.39, 0.29) is 5.78 Å². The Morgan fingerprint density at radius 1 is 1.47 bits per heavy atom. The average Bonchev–Trinajstić information content (AvgIpc) is 2.97. The first-order valence-electron chi connectivity index (χ1n) is 6.96. The van der Waals surface area contributed by atoms with Gasteiger partial charge in [-0.2, -0.15) is 0 Å². The number of benzene rings is 1. The van der Waals surface area contributed by atoms with Gasteiger partial charge in [0.25, 0.3) is 0 Å². The fraction of sp³-hybridized carbons (Fsp3) is 0.438. The number of nitrogens with zero attached hydrogens (tertiary/aromatic N) is 1. The molecule has 0 aliphatic carbocycles. The molecule has 0 amide bonds. The Bertz CT molecular complexity index is 614. The quantitative estimate of drug-likeness (QED) is 0.857. The number of hydrogen-bond donors (Lipinski definition) is 1. The van der Waals surface area contributed by atoms with E-state index in [2.05, 4.69) is 23.1 Å². The lowest BCUT2D eigenvalue weighted by Crippen LogP contribution is -2.26. The summed E-state index contributed by atoms with van der Waals surface area (Å²) < 4.78 is 0. The number of fused-ring (bicyclic) bond motifs is 1.